The van der Waals surface area contributed by atoms with Gasteiger partial charge >= 0.3 is 11.9 Å². The maximum atomic E-state index is 10.7. The Morgan fingerprint density at radius 1 is 1.17 bits per heavy atom. The Kier molecular flexibility index (Phi) is 1.56. The molecule has 2 aliphatic rings. The van der Waals surface area contributed by atoms with Gasteiger partial charge in [0.1, 0.15) is 0 Å². The van der Waals surface area contributed by atoms with Crippen LogP contribution in [0.5, 0.6) is 0 Å². The summed E-state index contributed by atoms with van der Waals surface area (Å²) in [6.07, 6.45) is 3.23. The van der Waals surface area contributed by atoms with Crippen LogP contribution < -0.4 is 5.32 Å². The quantitative estimate of drug-likeness (QED) is 0.542. The number of rotatable bonds is 1. The fourth-order valence-electron chi connectivity index (χ4n) is 2.08. The molecule has 2 atom stereocenters. The third kappa shape index (κ3) is 1.29. The molecule has 1 amide bonds. The van der Waals surface area contributed by atoms with Crippen molar-refractivity contribution in [1.29, 1.82) is 0 Å². The molecule has 0 aromatic heterocycles. The molecule has 2 rings (SSSR count). The molecule has 4 heteroatoms. The van der Waals surface area contributed by atoms with Gasteiger partial charge in [0.25, 0.3) is 0 Å². The van der Waals surface area contributed by atoms with E-state index in [1.54, 1.807) is 0 Å². The van der Waals surface area contributed by atoms with Crippen molar-refractivity contribution in [3.63, 3.8) is 0 Å². The second-order valence-corrected chi connectivity index (χ2v) is 3.70. The number of carbonyl (C=O) groups is 2. The minimum absolute atomic E-state index is 0.123. The van der Waals surface area contributed by atoms with E-state index in [1.807, 2.05) is 0 Å². The summed E-state index contributed by atoms with van der Waals surface area (Å²) < 4.78 is 0. The molecule has 2 fully saturated rings. The summed E-state index contributed by atoms with van der Waals surface area (Å²) in [7, 11) is 0. The summed E-state index contributed by atoms with van der Waals surface area (Å²) in [4.78, 5) is 20.9. The largest absolute Gasteiger partial charge is 0.474 e. The Balaban J connectivity index is 1.80. The fraction of sp³-hybridized carbons (Fsp3) is 0.750. The normalized spacial score (nSPS) is 37.2. The summed E-state index contributed by atoms with van der Waals surface area (Å²) in [5, 5.41) is 10.8. The van der Waals surface area contributed by atoms with Crippen LogP contribution in [-0.4, -0.2) is 23.0 Å². The fourth-order valence-corrected chi connectivity index (χ4v) is 2.08. The van der Waals surface area contributed by atoms with Gasteiger partial charge in [0.15, 0.2) is 0 Å². The smallest absolute Gasteiger partial charge is 0.394 e. The number of carboxylic acids is 1. The molecule has 4 nitrogen and oxygen atoms in total. The number of amides is 1. The lowest BCUT2D eigenvalue weighted by molar-refractivity contribution is -0.150. The predicted octanol–water partition coefficient (Wildman–Crippen LogP) is -0.0143. The van der Waals surface area contributed by atoms with Crippen LogP contribution in [0.15, 0.2) is 0 Å². The van der Waals surface area contributed by atoms with Crippen molar-refractivity contribution in [1.82, 2.24) is 5.32 Å². The van der Waals surface area contributed by atoms with E-state index < -0.39 is 11.9 Å². The zero-order valence-electron chi connectivity index (χ0n) is 6.62. The zero-order valence-corrected chi connectivity index (χ0v) is 6.62. The first kappa shape index (κ1) is 7.58. The van der Waals surface area contributed by atoms with E-state index in [0.29, 0.717) is 0 Å². The average molecular weight is 169 g/mol. The highest BCUT2D eigenvalue weighted by Crippen LogP contribution is 2.51. The SMILES string of the molecule is O=C(O)C(=O)NC1CC2CC2C1. The first-order chi connectivity index (χ1) is 5.66. The molecule has 0 radical (unpaired) electrons. The number of carboxylic acid groups (broad SMARTS) is 1. The highest BCUT2D eigenvalue weighted by molar-refractivity contribution is 6.31. The molecule has 0 spiro atoms. The van der Waals surface area contributed by atoms with E-state index >= 15 is 0 Å². The monoisotopic (exact) mass is 169 g/mol. The summed E-state index contributed by atoms with van der Waals surface area (Å²) in [5.74, 6) is -0.704. The number of hydrogen-bond acceptors (Lipinski definition) is 2. The molecular formula is C8H11NO3. The topological polar surface area (TPSA) is 66.4 Å². The molecule has 66 valence electrons. The molecule has 2 saturated carbocycles. The summed E-state index contributed by atoms with van der Waals surface area (Å²) >= 11 is 0. The highest BCUT2D eigenvalue weighted by atomic mass is 16.4. The summed E-state index contributed by atoms with van der Waals surface area (Å²) in [6.45, 7) is 0. The van der Waals surface area contributed by atoms with Gasteiger partial charge in [0.2, 0.25) is 0 Å². The maximum Gasteiger partial charge on any atom is 0.394 e. The second-order valence-electron chi connectivity index (χ2n) is 3.70. The van der Waals surface area contributed by atoms with Gasteiger partial charge < -0.3 is 10.4 Å². The molecule has 2 unspecified atom stereocenters. The van der Waals surface area contributed by atoms with Crippen molar-refractivity contribution in [3.05, 3.63) is 0 Å². The molecule has 2 N–H and O–H groups in total. The molecule has 0 bridgehead atoms. The van der Waals surface area contributed by atoms with Crippen LogP contribution in [0.3, 0.4) is 0 Å². The highest BCUT2D eigenvalue weighted by Gasteiger charge is 2.46. The Hall–Kier alpha value is -1.06. The molecular weight excluding hydrogens is 158 g/mol. The Labute approximate surface area is 69.9 Å². The second kappa shape index (κ2) is 2.47. The van der Waals surface area contributed by atoms with Crippen LogP contribution in [0.4, 0.5) is 0 Å². The molecule has 0 heterocycles. The van der Waals surface area contributed by atoms with Gasteiger partial charge in [-0.05, 0) is 31.1 Å². The lowest BCUT2D eigenvalue weighted by Gasteiger charge is -2.11. The van der Waals surface area contributed by atoms with Crippen LogP contribution in [0.1, 0.15) is 19.3 Å². The molecule has 0 aromatic carbocycles. The van der Waals surface area contributed by atoms with Gasteiger partial charge in [-0.2, -0.15) is 0 Å². The van der Waals surface area contributed by atoms with Crippen LogP contribution in [0.25, 0.3) is 0 Å². The van der Waals surface area contributed by atoms with E-state index in [4.69, 9.17) is 5.11 Å². The van der Waals surface area contributed by atoms with Crippen molar-refractivity contribution in [2.24, 2.45) is 11.8 Å². The third-order valence-corrected chi connectivity index (χ3v) is 2.77. The first-order valence-corrected chi connectivity index (χ1v) is 4.20. The van der Waals surface area contributed by atoms with Gasteiger partial charge in [-0.3, -0.25) is 4.79 Å². The summed E-state index contributed by atoms with van der Waals surface area (Å²) in [6, 6.07) is 0.123. The van der Waals surface area contributed by atoms with Crippen LogP contribution in [0, 0.1) is 11.8 Å². The standard InChI is InChI=1S/C8H11NO3/c10-7(8(11)12)9-6-2-4-1-5(4)3-6/h4-6H,1-3H2,(H,9,10)(H,11,12). The van der Waals surface area contributed by atoms with E-state index in [2.05, 4.69) is 5.32 Å². The molecule has 0 aromatic rings. The predicted molar refractivity (Wildman–Crippen MR) is 40.4 cm³/mol. The number of hydrogen-bond donors (Lipinski definition) is 2. The van der Waals surface area contributed by atoms with Crippen molar-refractivity contribution >= 4 is 11.9 Å². The Morgan fingerprint density at radius 2 is 1.75 bits per heavy atom. The van der Waals surface area contributed by atoms with Crippen molar-refractivity contribution in [3.8, 4) is 0 Å². The first-order valence-electron chi connectivity index (χ1n) is 4.20. The van der Waals surface area contributed by atoms with Gasteiger partial charge in [0, 0.05) is 6.04 Å². The van der Waals surface area contributed by atoms with Crippen LogP contribution in [0.2, 0.25) is 0 Å². The van der Waals surface area contributed by atoms with Gasteiger partial charge in [-0.1, -0.05) is 0 Å². The van der Waals surface area contributed by atoms with Crippen LogP contribution >= 0.6 is 0 Å². The number of carbonyl (C=O) groups excluding carboxylic acids is 1. The minimum atomic E-state index is -1.38. The van der Waals surface area contributed by atoms with E-state index in [-0.39, 0.29) is 6.04 Å². The van der Waals surface area contributed by atoms with E-state index in [9.17, 15) is 9.59 Å². The number of fused-ring (bicyclic) bond motifs is 1. The maximum absolute atomic E-state index is 10.7. The van der Waals surface area contributed by atoms with Gasteiger partial charge in [0.05, 0.1) is 0 Å². The zero-order chi connectivity index (χ0) is 8.72. The number of nitrogens with one attached hydrogen (secondary N) is 1. The van der Waals surface area contributed by atoms with Crippen molar-refractivity contribution < 1.29 is 14.7 Å². The van der Waals surface area contributed by atoms with Crippen molar-refractivity contribution in [2.75, 3.05) is 0 Å². The van der Waals surface area contributed by atoms with Crippen LogP contribution in [-0.2, 0) is 9.59 Å². The third-order valence-electron chi connectivity index (χ3n) is 2.77. The van der Waals surface area contributed by atoms with Gasteiger partial charge in [-0.25, -0.2) is 4.79 Å². The van der Waals surface area contributed by atoms with Gasteiger partial charge in [-0.15, -0.1) is 0 Å². The molecule has 0 saturated heterocycles. The lowest BCUT2D eigenvalue weighted by atomic mass is 10.1. The Morgan fingerprint density at radius 3 is 2.25 bits per heavy atom. The Bertz CT molecular complexity index is 228. The van der Waals surface area contributed by atoms with E-state index in [0.717, 1.165) is 24.7 Å². The average Bonchev–Trinajstić information content (AvgIpc) is 2.59. The summed E-state index contributed by atoms with van der Waals surface area (Å²) in [5.41, 5.74) is 0. The molecule has 0 aliphatic heterocycles. The van der Waals surface area contributed by atoms with E-state index in [1.165, 1.54) is 6.42 Å². The number of aliphatic carboxylic acids is 1. The minimum Gasteiger partial charge on any atom is -0.474 e. The lowest BCUT2D eigenvalue weighted by Crippen LogP contribution is -2.38. The molecule has 2 aliphatic carbocycles. The molecule has 12 heavy (non-hydrogen) atoms. The van der Waals surface area contributed by atoms with Crippen molar-refractivity contribution in [2.45, 2.75) is 25.3 Å².